The van der Waals surface area contributed by atoms with Crippen LogP contribution in [-0.4, -0.2) is 5.54 Å². The largest absolute Gasteiger partial charge is 0.366 e. The second-order valence-corrected chi connectivity index (χ2v) is 6.29. The van der Waals surface area contributed by atoms with Crippen LogP contribution in [-0.2, 0) is 0 Å². The molecule has 0 amide bonds. The van der Waals surface area contributed by atoms with E-state index in [1.165, 1.54) is 19.3 Å². The molecule has 1 aromatic carbocycles. The predicted molar refractivity (Wildman–Crippen MR) is 84.9 cm³/mol. The molecule has 0 bridgehead atoms. The Hall–Kier alpha value is -1.20. The van der Waals surface area contributed by atoms with E-state index in [9.17, 15) is 5.26 Å². The van der Waals surface area contributed by atoms with E-state index in [0.717, 1.165) is 37.3 Å². The van der Waals surface area contributed by atoms with E-state index >= 15 is 0 Å². The Morgan fingerprint density at radius 2 is 2.15 bits per heavy atom. The molecule has 1 aromatic rings. The molecule has 1 aliphatic carbocycles. The first kappa shape index (κ1) is 15.2. The van der Waals surface area contributed by atoms with Crippen molar-refractivity contribution < 1.29 is 0 Å². The summed E-state index contributed by atoms with van der Waals surface area (Å²) in [4.78, 5) is 0. The van der Waals surface area contributed by atoms with Crippen LogP contribution in [0.2, 0.25) is 5.02 Å². The SMILES string of the molecule is CCCC1CCCC(C#N)(Nc2ccccc2Cl)CC1. The van der Waals surface area contributed by atoms with Crippen LogP contribution in [0, 0.1) is 17.2 Å². The van der Waals surface area contributed by atoms with Gasteiger partial charge in [0.2, 0.25) is 0 Å². The molecule has 1 fully saturated rings. The summed E-state index contributed by atoms with van der Waals surface area (Å²) in [6.07, 6.45) is 7.86. The summed E-state index contributed by atoms with van der Waals surface area (Å²) in [6.45, 7) is 2.24. The number of para-hydroxylation sites is 1. The Bertz CT molecular complexity index is 480. The summed E-state index contributed by atoms with van der Waals surface area (Å²) in [7, 11) is 0. The molecule has 0 radical (unpaired) electrons. The first-order chi connectivity index (χ1) is 9.69. The molecule has 0 heterocycles. The Kier molecular flexibility index (Phi) is 5.31. The molecule has 2 nitrogen and oxygen atoms in total. The number of nitrogens with one attached hydrogen (secondary N) is 1. The van der Waals surface area contributed by atoms with Gasteiger partial charge in [-0.05, 0) is 43.7 Å². The van der Waals surface area contributed by atoms with Gasteiger partial charge in [-0.3, -0.25) is 0 Å². The number of anilines is 1. The van der Waals surface area contributed by atoms with Crippen LogP contribution in [0.15, 0.2) is 24.3 Å². The van der Waals surface area contributed by atoms with E-state index in [-0.39, 0.29) is 0 Å². The monoisotopic (exact) mass is 290 g/mol. The van der Waals surface area contributed by atoms with Gasteiger partial charge in [0.1, 0.15) is 5.54 Å². The molecule has 0 aliphatic heterocycles. The van der Waals surface area contributed by atoms with Gasteiger partial charge in [0.05, 0.1) is 16.8 Å². The minimum absolute atomic E-state index is 0.451. The molecule has 20 heavy (non-hydrogen) atoms. The van der Waals surface area contributed by atoms with Crippen LogP contribution >= 0.6 is 11.6 Å². The molecule has 2 atom stereocenters. The summed E-state index contributed by atoms with van der Waals surface area (Å²) in [5.41, 5.74) is 0.428. The maximum absolute atomic E-state index is 9.68. The van der Waals surface area contributed by atoms with Gasteiger partial charge in [-0.2, -0.15) is 5.26 Å². The van der Waals surface area contributed by atoms with Crippen LogP contribution in [0.5, 0.6) is 0 Å². The lowest BCUT2D eigenvalue weighted by atomic mass is 9.90. The molecule has 0 spiro atoms. The van der Waals surface area contributed by atoms with Gasteiger partial charge in [0, 0.05) is 0 Å². The summed E-state index contributed by atoms with van der Waals surface area (Å²) >= 11 is 6.21. The Morgan fingerprint density at radius 3 is 2.85 bits per heavy atom. The van der Waals surface area contributed by atoms with Crippen LogP contribution in [0.3, 0.4) is 0 Å². The zero-order valence-corrected chi connectivity index (χ0v) is 12.9. The highest BCUT2D eigenvalue weighted by atomic mass is 35.5. The van der Waals surface area contributed by atoms with Crippen molar-refractivity contribution in [3.63, 3.8) is 0 Å². The predicted octanol–water partition coefficient (Wildman–Crippen LogP) is 5.39. The maximum Gasteiger partial charge on any atom is 0.125 e. The Labute approximate surface area is 127 Å². The van der Waals surface area contributed by atoms with E-state index in [0.29, 0.717) is 5.02 Å². The highest BCUT2D eigenvalue weighted by Gasteiger charge is 2.33. The van der Waals surface area contributed by atoms with Gasteiger partial charge >= 0.3 is 0 Å². The quantitative estimate of drug-likeness (QED) is 0.754. The number of rotatable bonds is 4. The number of hydrogen-bond donors (Lipinski definition) is 1. The fourth-order valence-corrected chi connectivity index (χ4v) is 3.38. The van der Waals surface area contributed by atoms with Gasteiger partial charge < -0.3 is 5.32 Å². The third-order valence-electron chi connectivity index (χ3n) is 4.35. The molecular weight excluding hydrogens is 268 g/mol. The molecular formula is C17H23ClN2. The standard InChI is InChI=1S/C17H23ClN2/c1-2-6-14-7-5-11-17(13-19,12-10-14)20-16-9-4-3-8-15(16)18/h3-4,8-9,14,20H,2,5-7,10-12H2,1H3. The van der Waals surface area contributed by atoms with Crippen molar-refractivity contribution in [1.29, 1.82) is 5.26 Å². The topological polar surface area (TPSA) is 35.8 Å². The minimum atomic E-state index is -0.451. The van der Waals surface area contributed by atoms with Crippen molar-refractivity contribution in [2.45, 2.75) is 57.4 Å². The minimum Gasteiger partial charge on any atom is -0.366 e. The van der Waals surface area contributed by atoms with Crippen LogP contribution in [0.4, 0.5) is 5.69 Å². The van der Waals surface area contributed by atoms with Crippen molar-refractivity contribution in [1.82, 2.24) is 0 Å². The van der Waals surface area contributed by atoms with Crippen molar-refractivity contribution in [3.8, 4) is 6.07 Å². The average Bonchev–Trinajstić information content (AvgIpc) is 2.66. The van der Waals surface area contributed by atoms with Crippen molar-refractivity contribution >= 4 is 17.3 Å². The highest BCUT2D eigenvalue weighted by molar-refractivity contribution is 6.33. The Balaban J connectivity index is 2.10. The number of nitriles is 1. The second kappa shape index (κ2) is 6.99. The molecule has 1 N–H and O–H groups in total. The van der Waals surface area contributed by atoms with E-state index in [1.807, 2.05) is 24.3 Å². The molecule has 2 unspecified atom stereocenters. The van der Waals surface area contributed by atoms with Crippen molar-refractivity contribution in [2.75, 3.05) is 5.32 Å². The number of nitrogens with zero attached hydrogens (tertiary/aromatic N) is 1. The summed E-state index contributed by atoms with van der Waals surface area (Å²) in [5, 5.41) is 13.8. The molecule has 3 heteroatoms. The second-order valence-electron chi connectivity index (χ2n) is 5.88. The lowest BCUT2D eigenvalue weighted by Gasteiger charge is -2.28. The molecule has 0 aromatic heterocycles. The van der Waals surface area contributed by atoms with Crippen molar-refractivity contribution in [2.24, 2.45) is 5.92 Å². The third-order valence-corrected chi connectivity index (χ3v) is 4.68. The molecule has 108 valence electrons. The van der Waals surface area contributed by atoms with Crippen LogP contribution in [0.1, 0.15) is 51.9 Å². The fourth-order valence-electron chi connectivity index (χ4n) is 3.19. The summed E-state index contributed by atoms with van der Waals surface area (Å²) in [6, 6.07) is 10.2. The highest BCUT2D eigenvalue weighted by Crippen LogP contribution is 2.36. The van der Waals surface area contributed by atoms with Crippen LogP contribution in [0.25, 0.3) is 0 Å². The normalized spacial score (nSPS) is 26.6. The van der Waals surface area contributed by atoms with E-state index in [1.54, 1.807) is 0 Å². The lowest BCUT2D eigenvalue weighted by Crippen LogP contribution is -2.36. The number of hydrogen-bond acceptors (Lipinski definition) is 2. The zero-order valence-electron chi connectivity index (χ0n) is 12.2. The average molecular weight is 291 g/mol. The summed E-state index contributed by atoms with van der Waals surface area (Å²) < 4.78 is 0. The van der Waals surface area contributed by atoms with Gasteiger partial charge in [-0.25, -0.2) is 0 Å². The molecule has 0 saturated heterocycles. The first-order valence-corrected chi connectivity index (χ1v) is 8.01. The van der Waals surface area contributed by atoms with Crippen molar-refractivity contribution in [3.05, 3.63) is 29.3 Å². The Morgan fingerprint density at radius 1 is 1.35 bits per heavy atom. The van der Waals surface area contributed by atoms with E-state index in [4.69, 9.17) is 11.6 Å². The maximum atomic E-state index is 9.68. The van der Waals surface area contributed by atoms with E-state index in [2.05, 4.69) is 18.3 Å². The van der Waals surface area contributed by atoms with Gasteiger partial charge in [-0.1, -0.05) is 49.9 Å². The zero-order chi connectivity index (χ0) is 14.4. The molecule has 1 saturated carbocycles. The third kappa shape index (κ3) is 3.67. The lowest BCUT2D eigenvalue weighted by molar-refractivity contribution is 0.416. The van der Waals surface area contributed by atoms with Gasteiger partial charge in [-0.15, -0.1) is 0 Å². The van der Waals surface area contributed by atoms with Gasteiger partial charge in [0.15, 0.2) is 0 Å². The van der Waals surface area contributed by atoms with Crippen LogP contribution < -0.4 is 5.32 Å². The smallest absolute Gasteiger partial charge is 0.125 e. The summed E-state index contributed by atoms with van der Waals surface area (Å²) in [5.74, 6) is 0.781. The van der Waals surface area contributed by atoms with Gasteiger partial charge in [0.25, 0.3) is 0 Å². The fraction of sp³-hybridized carbons (Fsp3) is 0.588. The molecule has 2 rings (SSSR count). The molecule has 1 aliphatic rings. The first-order valence-electron chi connectivity index (χ1n) is 7.63. The van der Waals surface area contributed by atoms with E-state index < -0.39 is 5.54 Å². The number of benzene rings is 1. The number of halogens is 1.